The second-order valence-electron chi connectivity index (χ2n) is 9.72. The highest BCUT2D eigenvalue weighted by molar-refractivity contribution is 5.31. The molecule has 2 aromatic rings. The van der Waals surface area contributed by atoms with Gasteiger partial charge in [0.1, 0.15) is 0 Å². The van der Waals surface area contributed by atoms with Gasteiger partial charge in [-0.3, -0.25) is 0 Å². The Bertz CT molecular complexity index is 770. The van der Waals surface area contributed by atoms with Crippen molar-refractivity contribution in [3.63, 3.8) is 0 Å². The summed E-state index contributed by atoms with van der Waals surface area (Å²) < 4.78 is 0. The highest BCUT2D eigenvalue weighted by Crippen LogP contribution is 2.27. The molecule has 0 aliphatic rings. The topological polar surface area (TPSA) is 30.5 Å². The van der Waals surface area contributed by atoms with Crippen molar-refractivity contribution in [3.8, 4) is 0 Å². The van der Waals surface area contributed by atoms with Gasteiger partial charge in [-0.05, 0) is 72.1 Å². The summed E-state index contributed by atoms with van der Waals surface area (Å²) in [6, 6.07) is 21.1. The van der Waals surface area contributed by atoms with E-state index in [0.717, 1.165) is 19.5 Å². The molecule has 4 heteroatoms. The van der Waals surface area contributed by atoms with Crippen molar-refractivity contribution < 1.29 is 0 Å². The minimum absolute atomic E-state index is 0.125. The van der Waals surface area contributed by atoms with Gasteiger partial charge < -0.3 is 20.4 Å². The summed E-state index contributed by atoms with van der Waals surface area (Å²) in [6.45, 7) is 10.9. The third kappa shape index (κ3) is 7.43. The van der Waals surface area contributed by atoms with Crippen molar-refractivity contribution in [2.75, 3.05) is 41.3 Å². The van der Waals surface area contributed by atoms with Crippen molar-refractivity contribution in [1.29, 1.82) is 0 Å². The summed E-state index contributed by atoms with van der Waals surface area (Å²) in [7, 11) is 8.64. The maximum atomic E-state index is 3.84. The molecule has 2 unspecified atom stereocenters. The molecular weight excluding hydrogens is 380 g/mol. The quantitative estimate of drug-likeness (QED) is 0.512. The van der Waals surface area contributed by atoms with E-state index in [2.05, 4.69) is 131 Å². The van der Waals surface area contributed by atoms with Gasteiger partial charge in [0.05, 0.1) is 0 Å². The van der Waals surface area contributed by atoms with Crippen LogP contribution in [0.25, 0.3) is 0 Å². The van der Waals surface area contributed by atoms with Crippen molar-refractivity contribution >= 4 is 0 Å². The van der Waals surface area contributed by atoms with Crippen LogP contribution in [-0.4, -0.2) is 57.1 Å². The lowest BCUT2D eigenvalue weighted by Crippen LogP contribution is -2.42. The van der Waals surface area contributed by atoms with Gasteiger partial charge in [0, 0.05) is 36.8 Å². The molecule has 0 radical (unpaired) electrons. The standard InChI is InChI=1S/C27H44N4/c1-9-21(2)28-19-25(30(5)6)23-16-13-17-24(18-23)27(3,4)29-20-26(31(7)8)22-14-11-10-12-15-22/h10-18,21,25-26,28-29H,9,19-20H2,1-8H3/t21?,25?,26-/m0/s1. The highest BCUT2D eigenvalue weighted by atomic mass is 15.1. The minimum Gasteiger partial charge on any atom is -0.312 e. The van der Waals surface area contributed by atoms with Crippen molar-refractivity contribution in [2.45, 2.75) is 57.8 Å². The fourth-order valence-electron chi connectivity index (χ4n) is 3.92. The second-order valence-corrected chi connectivity index (χ2v) is 9.72. The van der Waals surface area contributed by atoms with Gasteiger partial charge in [-0.2, -0.15) is 0 Å². The monoisotopic (exact) mass is 424 g/mol. The van der Waals surface area contributed by atoms with Gasteiger partial charge in [-0.15, -0.1) is 0 Å². The first kappa shape index (κ1) is 25.5. The maximum Gasteiger partial charge on any atom is 0.0467 e. The van der Waals surface area contributed by atoms with Crippen LogP contribution in [-0.2, 0) is 5.54 Å². The summed E-state index contributed by atoms with van der Waals surface area (Å²) >= 11 is 0. The molecule has 2 aromatic carbocycles. The molecule has 31 heavy (non-hydrogen) atoms. The largest absolute Gasteiger partial charge is 0.312 e. The van der Waals surface area contributed by atoms with Crippen LogP contribution in [0.2, 0.25) is 0 Å². The highest BCUT2D eigenvalue weighted by Gasteiger charge is 2.24. The Kier molecular flexibility index (Phi) is 9.70. The molecule has 172 valence electrons. The van der Waals surface area contributed by atoms with Gasteiger partial charge in [-0.25, -0.2) is 0 Å². The van der Waals surface area contributed by atoms with Crippen LogP contribution in [0.15, 0.2) is 54.6 Å². The van der Waals surface area contributed by atoms with Crippen molar-refractivity contribution in [3.05, 3.63) is 71.3 Å². The number of hydrogen-bond donors (Lipinski definition) is 2. The van der Waals surface area contributed by atoms with E-state index in [9.17, 15) is 0 Å². The average Bonchev–Trinajstić information content (AvgIpc) is 2.74. The molecule has 0 aliphatic heterocycles. The first-order chi connectivity index (χ1) is 14.7. The van der Waals surface area contributed by atoms with Gasteiger partial charge in [-0.1, -0.05) is 61.5 Å². The maximum absolute atomic E-state index is 3.84. The normalized spacial score (nSPS) is 15.3. The Labute approximate surface area is 191 Å². The molecule has 0 saturated carbocycles. The molecule has 0 aromatic heterocycles. The third-order valence-corrected chi connectivity index (χ3v) is 6.43. The van der Waals surface area contributed by atoms with E-state index in [1.54, 1.807) is 0 Å². The smallest absolute Gasteiger partial charge is 0.0467 e. The molecule has 0 aliphatic carbocycles. The van der Waals surface area contributed by atoms with Crippen LogP contribution in [0.1, 0.15) is 62.9 Å². The van der Waals surface area contributed by atoms with E-state index < -0.39 is 0 Å². The fraction of sp³-hybridized carbons (Fsp3) is 0.556. The van der Waals surface area contributed by atoms with E-state index in [1.807, 2.05) is 0 Å². The van der Waals surface area contributed by atoms with Crippen molar-refractivity contribution in [1.82, 2.24) is 20.4 Å². The molecule has 0 heterocycles. The Morgan fingerprint density at radius 3 is 1.97 bits per heavy atom. The number of benzene rings is 2. The molecule has 0 amide bonds. The van der Waals surface area contributed by atoms with E-state index in [0.29, 0.717) is 18.1 Å². The van der Waals surface area contributed by atoms with E-state index in [-0.39, 0.29) is 5.54 Å². The van der Waals surface area contributed by atoms with E-state index in [1.165, 1.54) is 16.7 Å². The minimum atomic E-state index is -0.125. The summed E-state index contributed by atoms with van der Waals surface area (Å²) in [5.74, 6) is 0. The molecule has 0 saturated heterocycles. The van der Waals surface area contributed by atoms with Crippen LogP contribution in [0.5, 0.6) is 0 Å². The lowest BCUT2D eigenvalue weighted by molar-refractivity contribution is 0.259. The Hall–Kier alpha value is -1.72. The summed E-state index contributed by atoms with van der Waals surface area (Å²) in [4.78, 5) is 4.60. The van der Waals surface area contributed by atoms with Crippen LogP contribution >= 0.6 is 0 Å². The molecular formula is C27H44N4. The van der Waals surface area contributed by atoms with Crippen molar-refractivity contribution in [2.24, 2.45) is 0 Å². The van der Waals surface area contributed by atoms with Gasteiger partial charge in [0.25, 0.3) is 0 Å². The second kappa shape index (κ2) is 11.8. The lowest BCUT2D eigenvalue weighted by atomic mass is 9.90. The molecule has 0 spiro atoms. The zero-order valence-electron chi connectivity index (χ0n) is 20.9. The van der Waals surface area contributed by atoms with Crippen LogP contribution < -0.4 is 10.6 Å². The molecule has 0 bridgehead atoms. The third-order valence-electron chi connectivity index (χ3n) is 6.43. The fourth-order valence-corrected chi connectivity index (χ4v) is 3.92. The molecule has 2 rings (SSSR count). The number of rotatable bonds is 12. The Morgan fingerprint density at radius 2 is 1.39 bits per heavy atom. The van der Waals surface area contributed by atoms with E-state index in [4.69, 9.17) is 0 Å². The zero-order chi connectivity index (χ0) is 23.0. The van der Waals surface area contributed by atoms with Gasteiger partial charge in [0.2, 0.25) is 0 Å². The van der Waals surface area contributed by atoms with Crippen LogP contribution in [0.4, 0.5) is 0 Å². The first-order valence-corrected chi connectivity index (χ1v) is 11.6. The summed E-state index contributed by atoms with van der Waals surface area (Å²) in [6.07, 6.45) is 1.14. The molecule has 4 nitrogen and oxygen atoms in total. The van der Waals surface area contributed by atoms with Gasteiger partial charge in [0.15, 0.2) is 0 Å². The van der Waals surface area contributed by atoms with Crippen LogP contribution in [0, 0.1) is 0 Å². The number of hydrogen-bond acceptors (Lipinski definition) is 4. The predicted molar refractivity (Wildman–Crippen MR) is 135 cm³/mol. The number of nitrogens with one attached hydrogen (secondary N) is 2. The number of nitrogens with zero attached hydrogens (tertiary/aromatic N) is 2. The SMILES string of the molecule is CCC(C)NCC(c1cccc(C(C)(C)NC[C@@H](c2ccccc2)N(C)C)c1)N(C)C. The van der Waals surface area contributed by atoms with Gasteiger partial charge >= 0.3 is 0 Å². The molecule has 3 atom stereocenters. The summed E-state index contributed by atoms with van der Waals surface area (Å²) in [5, 5.41) is 7.52. The molecule has 2 N–H and O–H groups in total. The number of likely N-dealkylation sites (N-methyl/N-ethyl adjacent to an activating group) is 2. The predicted octanol–water partition coefficient (Wildman–Crippen LogP) is 4.81. The van der Waals surface area contributed by atoms with Crippen LogP contribution in [0.3, 0.4) is 0 Å². The van der Waals surface area contributed by atoms with E-state index >= 15 is 0 Å². The molecule has 0 fully saturated rings. The Balaban J connectivity index is 2.16. The average molecular weight is 425 g/mol. The first-order valence-electron chi connectivity index (χ1n) is 11.6. The zero-order valence-corrected chi connectivity index (χ0v) is 20.9. The lowest BCUT2D eigenvalue weighted by Gasteiger charge is -2.33. The Morgan fingerprint density at radius 1 is 0.806 bits per heavy atom. The summed E-state index contributed by atoms with van der Waals surface area (Å²) in [5.41, 5.74) is 3.90.